The monoisotopic (exact) mass is 388 g/mol. The molecule has 2 aliphatic heterocycles. The average Bonchev–Trinajstić information content (AvgIpc) is 3.19. The molecule has 0 aliphatic carbocycles. The average molecular weight is 388 g/mol. The van der Waals surface area contributed by atoms with Crippen LogP contribution in [0.3, 0.4) is 0 Å². The smallest absolute Gasteiger partial charge is 0.241 e. The number of carbonyl (C=O) groups is 1. The van der Waals surface area contributed by atoms with Crippen molar-refractivity contribution < 1.29 is 13.2 Å². The minimum absolute atomic E-state index is 0.00723. The second kappa shape index (κ2) is 6.47. The van der Waals surface area contributed by atoms with Crippen LogP contribution in [0.5, 0.6) is 0 Å². The van der Waals surface area contributed by atoms with Crippen LogP contribution >= 0.6 is 0 Å². The number of anilines is 1. The molecule has 0 saturated carbocycles. The molecule has 2 atom stereocenters. The van der Waals surface area contributed by atoms with E-state index in [0.717, 1.165) is 24.3 Å². The molecule has 4 rings (SSSR count). The summed E-state index contributed by atoms with van der Waals surface area (Å²) >= 11 is 0. The first-order chi connectivity index (χ1) is 12.8. The Labute approximate surface area is 159 Å². The Kier molecular flexibility index (Phi) is 4.37. The summed E-state index contributed by atoms with van der Waals surface area (Å²) in [6.07, 6.45) is 2.70. The lowest BCUT2D eigenvalue weighted by Gasteiger charge is -2.36. The van der Waals surface area contributed by atoms with Crippen molar-refractivity contribution in [1.29, 1.82) is 0 Å². The highest BCUT2D eigenvalue weighted by Crippen LogP contribution is 2.34. The highest BCUT2D eigenvalue weighted by atomic mass is 32.2. The summed E-state index contributed by atoms with van der Waals surface area (Å²) in [6, 6.07) is 9.07. The summed E-state index contributed by atoms with van der Waals surface area (Å²) in [7, 11) is -3.75. The Balaban J connectivity index is 1.55. The first kappa shape index (κ1) is 18.2. The van der Waals surface area contributed by atoms with E-state index in [1.54, 1.807) is 17.0 Å². The van der Waals surface area contributed by atoms with E-state index in [0.29, 0.717) is 13.0 Å². The standard InChI is InChI=1S/C19H24N4O3S/c1-13-10-15-11-16(27(20,25)26)5-6-18(15)23(13)19(24)12-22-9-8-21-7-3-4-17(21)14(22)2/h3-7,11,13-14H,8-10,12H2,1-2H3,(H2,20,25,26). The minimum atomic E-state index is -3.75. The maximum Gasteiger partial charge on any atom is 0.241 e. The molecule has 1 amide bonds. The summed E-state index contributed by atoms with van der Waals surface area (Å²) in [5.41, 5.74) is 2.86. The third kappa shape index (κ3) is 3.18. The molecule has 1 aromatic carbocycles. The number of sulfonamides is 1. The van der Waals surface area contributed by atoms with E-state index in [9.17, 15) is 13.2 Å². The fourth-order valence-corrected chi connectivity index (χ4v) is 4.82. The largest absolute Gasteiger partial charge is 0.349 e. The van der Waals surface area contributed by atoms with Crippen LogP contribution in [-0.4, -0.2) is 42.9 Å². The number of benzene rings is 1. The van der Waals surface area contributed by atoms with Crippen molar-refractivity contribution in [2.24, 2.45) is 5.14 Å². The summed E-state index contributed by atoms with van der Waals surface area (Å²) in [5.74, 6) is 0.0384. The number of rotatable bonds is 3. The lowest BCUT2D eigenvalue weighted by atomic mass is 10.1. The molecule has 0 radical (unpaired) electrons. The zero-order chi connectivity index (χ0) is 19.3. The van der Waals surface area contributed by atoms with E-state index in [-0.39, 0.29) is 22.9 Å². The molecule has 2 N–H and O–H groups in total. The maximum absolute atomic E-state index is 13.1. The molecule has 0 fully saturated rings. The van der Waals surface area contributed by atoms with Crippen molar-refractivity contribution in [3.8, 4) is 0 Å². The normalized spacial score (nSPS) is 22.6. The van der Waals surface area contributed by atoms with Gasteiger partial charge < -0.3 is 9.47 Å². The number of fused-ring (bicyclic) bond motifs is 2. The Morgan fingerprint density at radius 2 is 2.00 bits per heavy atom. The van der Waals surface area contributed by atoms with Gasteiger partial charge in [0, 0.05) is 42.8 Å². The molecule has 144 valence electrons. The van der Waals surface area contributed by atoms with Gasteiger partial charge in [0.15, 0.2) is 0 Å². The Bertz CT molecular complexity index is 998. The zero-order valence-electron chi connectivity index (χ0n) is 15.5. The van der Waals surface area contributed by atoms with Gasteiger partial charge in [-0.05, 0) is 56.2 Å². The van der Waals surface area contributed by atoms with Crippen molar-refractivity contribution in [2.45, 2.75) is 43.8 Å². The summed E-state index contributed by atoms with van der Waals surface area (Å²) in [5, 5.41) is 5.23. The number of primary sulfonamides is 1. The van der Waals surface area contributed by atoms with Gasteiger partial charge in [0.25, 0.3) is 0 Å². The first-order valence-corrected chi connectivity index (χ1v) is 10.7. The molecule has 2 unspecified atom stereocenters. The van der Waals surface area contributed by atoms with Crippen LogP contribution in [0.1, 0.15) is 31.1 Å². The van der Waals surface area contributed by atoms with E-state index < -0.39 is 10.0 Å². The van der Waals surface area contributed by atoms with E-state index in [4.69, 9.17) is 5.14 Å². The fourth-order valence-electron chi connectivity index (χ4n) is 4.26. The van der Waals surface area contributed by atoms with Crippen molar-refractivity contribution in [1.82, 2.24) is 9.47 Å². The van der Waals surface area contributed by atoms with Gasteiger partial charge in [-0.15, -0.1) is 0 Å². The Hall–Kier alpha value is -2.16. The molecule has 0 bridgehead atoms. The number of nitrogens with two attached hydrogens (primary N) is 1. The Morgan fingerprint density at radius 3 is 2.74 bits per heavy atom. The lowest BCUT2D eigenvalue weighted by molar-refractivity contribution is -0.120. The quantitative estimate of drug-likeness (QED) is 0.863. The van der Waals surface area contributed by atoms with Gasteiger partial charge in [-0.1, -0.05) is 0 Å². The molecule has 7 nitrogen and oxygen atoms in total. The van der Waals surface area contributed by atoms with Gasteiger partial charge in [0.05, 0.1) is 11.4 Å². The predicted octanol–water partition coefficient (Wildman–Crippen LogP) is 1.49. The molecule has 0 saturated heterocycles. The van der Waals surface area contributed by atoms with Gasteiger partial charge in [-0.2, -0.15) is 0 Å². The van der Waals surface area contributed by atoms with E-state index >= 15 is 0 Å². The highest BCUT2D eigenvalue weighted by Gasteiger charge is 2.34. The molecule has 8 heteroatoms. The van der Waals surface area contributed by atoms with Crippen molar-refractivity contribution in [3.05, 3.63) is 47.8 Å². The molecular formula is C19H24N4O3S. The minimum Gasteiger partial charge on any atom is -0.349 e. The number of hydrogen-bond acceptors (Lipinski definition) is 4. The number of hydrogen-bond donors (Lipinski definition) is 1. The van der Waals surface area contributed by atoms with E-state index in [2.05, 4.69) is 28.7 Å². The predicted molar refractivity (Wildman–Crippen MR) is 103 cm³/mol. The van der Waals surface area contributed by atoms with Gasteiger partial charge >= 0.3 is 0 Å². The maximum atomic E-state index is 13.1. The van der Waals surface area contributed by atoms with Gasteiger partial charge in [-0.25, -0.2) is 13.6 Å². The summed E-state index contributed by atoms with van der Waals surface area (Å²) in [6.45, 7) is 6.15. The Morgan fingerprint density at radius 1 is 1.22 bits per heavy atom. The summed E-state index contributed by atoms with van der Waals surface area (Å²) < 4.78 is 25.4. The fraction of sp³-hybridized carbons (Fsp3) is 0.421. The van der Waals surface area contributed by atoms with Crippen molar-refractivity contribution in [2.75, 3.05) is 18.0 Å². The van der Waals surface area contributed by atoms with Gasteiger partial charge in [-0.3, -0.25) is 9.69 Å². The molecule has 2 aliphatic rings. The highest BCUT2D eigenvalue weighted by molar-refractivity contribution is 7.89. The number of nitrogens with zero attached hydrogens (tertiary/aromatic N) is 3. The van der Waals surface area contributed by atoms with Crippen LogP contribution < -0.4 is 10.0 Å². The second-order valence-electron chi connectivity index (χ2n) is 7.43. The van der Waals surface area contributed by atoms with Crippen LogP contribution in [0.25, 0.3) is 0 Å². The number of amides is 1. The van der Waals surface area contributed by atoms with Gasteiger partial charge in [0.2, 0.25) is 15.9 Å². The third-order valence-corrected chi connectivity index (χ3v) is 6.58. The van der Waals surface area contributed by atoms with Crippen LogP contribution in [0.15, 0.2) is 41.4 Å². The number of carbonyl (C=O) groups excluding carboxylic acids is 1. The molecular weight excluding hydrogens is 364 g/mol. The van der Waals surface area contributed by atoms with Crippen LogP contribution in [0, 0.1) is 0 Å². The molecule has 27 heavy (non-hydrogen) atoms. The van der Waals surface area contributed by atoms with Crippen molar-refractivity contribution in [3.63, 3.8) is 0 Å². The lowest BCUT2D eigenvalue weighted by Crippen LogP contribution is -2.46. The van der Waals surface area contributed by atoms with Crippen LogP contribution in [0.4, 0.5) is 5.69 Å². The number of aromatic nitrogens is 1. The van der Waals surface area contributed by atoms with Crippen LogP contribution in [-0.2, 0) is 27.8 Å². The SMILES string of the molecule is CC1c2cccn2CCN1CC(=O)N1c2ccc(S(N)(=O)=O)cc2CC1C. The third-order valence-electron chi connectivity index (χ3n) is 5.67. The summed E-state index contributed by atoms with van der Waals surface area (Å²) in [4.78, 5) is 17.2. The van der Waals surface area contributed by atoms with E-state index in [1.807, 2.05) is 13.0 Å². The molecule has 1 aromatic heterocycles. The molecule has 3 heterocycles. The zero-order valence-corrected chi connectivity index (χ0v) is 16.3. The second-order valence-corrected chi connectivity index (χ2v) is 8.99. The van der Waals surface area contributed by atoms with Crippen molar-refractivity contribution >= 4 is 21.6 Å². The first-order valence-electron chi connectivity index (χ1n) is 9.12. The van der Waals surface area contributed by atoms with E-state index in [1.165, 1.54) is 11.8 Å². The van der Waals surface area contributed by atoms with Gasteiger partial charge in [0.1, 0.15) is 0 Å². The topological polar surface area (TPSA) is 88.6 Å². The molecule has 2 aromatic rings. The molecule has 0 spiro atoms. The van der Waals surface area contributed by atoms with Crippen LogP contribution in [0.2, 0.25) is 0 Å².